The Balaban J connectivity index is 2.30. The number of ether oxygens (including phenoxy) is 1. The van der Waals surface area contributed by atoms with Gasteiger partial charge in [-0.25, -0.2) is 4.79 Å². The highest BCUT2D eigenvalue weighted by atomic mass is 16.5. The van der Waals surface area contributed by atoms with Crippen LogP contribution in [0.25, 0.3) is 6.08 Å². The molecule has 0 aromatic heterocycles. The number of carbonyl (C=O) groups is 1. The highest BCUT2D eigenvalue weighted by Gasteiger charge is 2.31. The maximum Gasteiger partial charge on any atom is 0.339 e. The van der Waals surface area contributed by atoms with Crippen molar-refractivity contribution in [3.05, 3.63) is 28.8 Å². The summed E-state index contributed by atoms with van der Waals surface area (Å²) in [5.74, 6) is 5.21. The molecule has 1 aliphatic rings. The Hall–Kier alpha value is -2.41. The lowest BCUT2D eigenvalue weighted by molar-refractivity contribution is 0.0692. The average Bonchev–Trinajstić information content (AvgIpc) is 2.58. The zero-order chi connectivity index (χ0) is 19.2. The number of aromatic carboxylic acids is 1. The predicted molar refractivity (Wildman–Crippen MR) is 104 cm³/mol. The smallest absolute Gasteiger partial charge is 0.339 e. The van der Waals surface area contributed by atoms with Crippen molar-refractivity contribution in [3.8, 4) is 23.3 Å². The summed E-state index contributed by atoms with van der Waals surface area (Å²) in [4.78, 5) is 11.7. The number of hydrogen-bond acceptors (Lipinski definition) is 3. The fourth-order valence-electron chi connectivity index (χ4n) is 3.29. The third-order valence-electron chi connectivity index (χ3n) is 4.74. The van der Waals surface area contributed by atoms with Gasteiger partial charge in [0.15, 0.2) is 0 Å². The molecule has 1 aromatic rings. The predicted octanol–water partition coefficient (Wildman–Crippen LogP) is 5.18. The molecule has 4 heteroatoms. The number of rotatable bonds is 8. The molecule has 2 N–H and O–H groups in total. The lowest BCUT2D eigenvalue weighted by Crippen LogP contribution is -2.32. The first kappa shape index (κ1) is 19.9. The van der Waals surface area contributed by atoms with E-state index in [1.807, 2.05) is 19.9 Å². The number of aryl methyl sites for hydroxylation is 1. The van der Waals surface area contributed by atoms with Gasteiger partial charge in [-0.1, -0.05) is 19.8 Å². The minimum Gasteiger partial charge on any atom is -0.506 e. The Morgan fingerprint density at radius 3 is 2.73 bits per heavy atom. The van der Waals surface area contributed by atoms with Crippen molar-refractivity contribution in [2.75, 3.05) is 0 Å². The summed E-state index contributed by atoms with van der Waals surface area (Å²) in [6.45, 7) is 5.94. The van der Waals surface area contributed by atoms with Crippen molar-refractivity contribution in [3.63, 3.8) is 0 Å². The van der Waals surface area contributed by atoms with Crippen LogP contribution in [0.15, 0.2) is 12.1 Å². The van der Waals surface area contributed by atoms with Crippen molar-refractivity contribution in [1.82, 2.24) is 0 Å². The summed E-state index contributed by atoms with van der Waals surface area (Å²) >= 11 is 0. The van der Waals surface area contributed by atoms with Gasteiger partial charge in [0.2, 0.25) is 0 Å². The number of carboxylic acid groups (broad SMARTS) is 1. The Bertz CT molecular complexity index is 752. The van der Waals surface area contributed by atoms with Crippen LogP contribution in [0.5, 0.6) is 11.5 Å². The van der Waals surface area contributed by atoms with Crippen LogP contribution in [-0.4, -0.2) is 21.8 Å². The highest BCUT2D eigenvalue weighted by Crippen LogP contribution is 2.42. The zero-order valence-corrected chi connectivity index (χ0v) is 15.9. The summed E-state index contributed by atoms with van der Waals surface area (Å²) < 4.78 is 6.17. The number of unbranched alkanes of at least 4 members (excludes halogenated alkanes) is 3. The number of aromatic hydroxyl groups is 1. The maximum absolute atomic E-state index is 11.7. The molecule has 2 rings (SSSR count). The van der Waals surface area contributed by atoms with Crippen molar-refractivity contribution >= 4 is 12.0 Å². The lowest BCUT2D eigenvalue weighted by atomic mass is 9.91. The molecule has 1 unspecified atom stereocenters. The number of benzene rings is 1. The Kier molecular flexibility index (Phi) is 6.74. The van der Waals surface area contributed by atoms with E-state index in [4.69, 9.17) is 4.74 Å². The van der Waals surface area contributed by atoms with Crippen LogP contribution in [-0.2, 0) is 6.42 Å². The van der Waals surface area contributed by atoms with Gasteiger partial charge in [0.1, 0.15) is 22.7 Å². The Morgan fingerprint density at radius 2 is 2.08 bits per heavy atom. The van der Waals surface area contributed by atoms with Crippen LogP contribution < -0.4 is 4.74 Å². The largest absolute Gasteiger partial charge is 0.506 e. The van der Waals surface area contributed by atoms with Crippen LogP contribution in [0.1, 0.15) is 80.8 Å². The molecule has 1 atom stereocenters. The quantitative estimate of drug-likeness (QED) is 0.497. The first-order valence-corrected chi connectivity index (χ1v) is 9.32. The van der Waals surface area contributed by atoms with Crippen molar-refractivity contribution in [1.29, 1.82) is 0 Å². The van der Waals surface area contributed by atoms with Gasteiger partial charge in [-0.2, -0.15) is 0 Å². The van der Waals surface area contributed by atoms with Crippen LogP contribution in [0, 0.1) is 11.8 Å². The van der Waals surface area contributed by atoms with E-state index in [1.165, 1.54) is 0 Å². The standard InChI is InChI=1S/C22H28O4/c1-4-6-8-10-13-22(3)14-12-17-18(26-22)15-16(11-9-7-5-2)19(20(17)23)21(24)25/h12,14-15,23H,5,7-11,13H2,1-3H3,(H,24,25). The molecule has 1 aromatic carbocycles. The van der Waals surface area contributed by atoms with E-state index < -0.39 is 11.6 Å². The van der Waals surface area contributed by atoms with Gasteiger partial charge in [0, 0.05) is 6.42 Å². The summed E-state index contributed by atoms with van der Waals surface area (Å²) in [7, 11) is 0. The molecular formula is C22H28O4. The average molecular weight is 356 g/mol. The summed E-state index contributed by atoms with van der Waals surface area (Å²) in [6.07, 6.45) is 9.80. The van der Waals surface area contributed by atoms with Crippen molar-refractivity contribution in [2.24, 2.45) is 0 Å². The highest BCUT2D eigenvalue weighted by molar-refractivity contribution is 5.95. The summed E-state index contributed by atoms with van der Waals surface area (Å²) in [5.41, 5.74) is 0.611. The van der Waals surface area contributed by atoms with Gasteiger partial charge in [-0.05, 0) is 63.3 Å². The number of carboxylic acids is 1. The summed E-state index contributed by atoms with van der Waals surface area (Å²) in [6, 6.07) is 1.79. The molecule has 0 amide bonds. The fraction of sp³-hybridized carbons (Fsp3) is 0.500. The third kappa shape index (κ3) is 4.60. The van der Waals surface area contributed by atoms with Crippen LogP contribution >= 0.6 is 0 Å². The molecule has 0 fully saturated rings. The Labute approximate surface area is 155 Å². The van der Waals surface area contributed by atoms with Crippen LogP contribution in [0.4, 0.5) is 0 Å². The minimum absolute atomic E-state index is 0.00470. The number of phenols is 1. The molecule has 0 saturated carbocycles. The van der Waals surface area contributed by atoms with Gasteiger partial charge in [0.05, 0.1) is 5.56 Å². The maximum atomic E-state index is 11.7. The van der Waals surface area contributed by atoms with E-state index >= 15 is 0 Å². The first-order valence-electron chi connectivity index (χ1n) is 9.32. The van der Waals surface area contributed by atoms with Gasteiger partial charge in [-0.3, -0.25) is 0 Å². The monoisotopic (exact) mass is 356 g/mol. The molecule has 4 nitrogen and oxygen atoms in total. The number of hydrogen-bond donors (Lipinski definition) is 2. The number of fused-ring (bicyclic) bond motifs is 1. The van der Waals surface area contributed by atoms with Crippen molar-refractivity contribution in [2.45, 2.75) is 71.3 Å². The zero-order valence-electron chi connectivity index (χ0n) is 15.9. The molecular weight excluding hydrogens is 328 g/mol. The SMILES string of the molecule is CC#CCCCC1(C)C=Cc2c(cc(CCCCC)c(C(=O)O)c2O)O1. The van der Waals surface area contributed by atoms with E-state index in [2.05, 4.69) is 18.8 Å². The molecule has 140 valence electrons. The van der Waals surface area contributed by atoms with E-state index in [0.717, 1.165) is 38.5 Å². The van der Waals surface area contributed by atoms with Crippen LogP contribution in [0.3, 0.4) is 0 Å². The second-order valence-electron chi connectivity index (χ2n) is 6.96. The fourth-order valence-corrected chi connectivity index (χ4v) is 3.29. The molecule has 0 spiro atoms. The Morgan fingerprint density at radius 1 is 1.31 bits per heavy atom. The summed E-state index contributed by atoms with van der Waals surface area (Å²) in [5, 5.41) is 20.1. The molecule has 0 saturated heterocycles. The van der Waals surface area contributed by atoms with Gasteiger partial charge < -0.3 is 14.9 Å². The van der Waals surface area contributed by atoms with Crippen molar-refractivity contribution < 1.29 is 19.7 Å². The van der Waals surface area contributed by atoms with Gasteiger partial charge in [-0.15, -0.1) is 11.8 Å². The lowest BCUT2D eigenvalue weighted by Gasteiger charge is -2.32. The molecule has 26 heavy (non-hydrogen) atoms. The van der Waals surface area contributed by atoms with E-state index in [9.17, 15) is 15.0 Å². The third-order valence-corrected chi connectivity index (χ3v) is 4.74. The molecule has 0 radical (unpaired) electrons. The normalized spacial score (nSPS) is 17.8. The molecule has 0 aliphatic carbocycles. The first-order chi connectivity index (χ1) is 12.4. The molecule has 1 aliphatic heterocycles. The van der Waals surface area contributed by atoms with Gasteiger partial charge in [0.25, 0.3) is 0 Å². The van der Waals surface area contributed by atoms with Crippen LogP contribution in [0.2, 0.25) is 0 Å². The molecule has 1 heterocycles. The van der Waals surface area contributed by atoms with E-state index in [0.29, 0.717) is 23.3 Å². The van der Waals surface area contributed by atoms with Gasteiger partial charge >= 0.3 is 5.97 Å². The van der Waals surface area contributed by atoms with E-state index in [1.54, 1.807) is 12.1 Å². The molecule has 0 bridgehead atoms. The minimum atomic E-state index is -1.10. The topological polar surface area (TPSA) is 66.8 Å². The second kappa shape index (κ2) is 8.80. The second-order valence-corrected chi connectivity index (χ2v) is 6.96. The van der Waals surface area contributed by atoms with E-state index in [-0.39, 0.29) is 11.3 Å².